The number of nitrogens with one attached hydrogen (secondary N) is 1. The Morgan fingerprint density at radius 2 is 2.00 bits per heavy atom. The lowest BCUT2D eigenvalue weighted by molar-refractivity contribution is -0.102. The molecule has 16 heavy (non-hydrogen) atoms. The number of ether oxygens (including phenoxy) is 2. The van der Waals surface area contributed by atoms with Gasteiger partial charge in [-0.3, -0.25) is 0 Å². The molecule has 1 saturated carbocycles. The Morgan fingerprint density at radius 1 is 1.31 bits per heavy atom. The Kier molecular flexibility index (Phi) is 6.32. The minimum Gasteiger partial charge on any atom is -0.382 e. The molecule has 0 spiro atoms. The molecule has 1 unspecified atom stereocenters. The van der Waals surface area contributed by atoms with Gasteiger partial charge in [0.2, 0.25) is 0 Å². The van der Waals surface area contributed by atoms with E-state index in [2.05, 4.69) is 19.2 Å². The third kappa shape index (κ3) is 4.40. The van der Waals surface area contributed by atoms with E-state index in [0.717, 1.165) is 13.1 Å². The summed E-state index contributed by atoms with van der Waals surface area (Å²) in [6.07, 6.45) is 6.37. The zero-order valence-electron chi connectivity index (χ0n) is 11.1. The number of rotatable bonds is 8. The molecule has 1 rings (SSSR count). The van der Waals surface area contributed by atoms with Crippen LogP contribution in [0.5, 0.6) is 0 Å². The normalized spacial score (nSPS) is 21.2. The fraction of sp³-hybridized carbons (Fsp3) is 1.00. The second kappa shape index (κ2) is 7.25. The Labute approximate surface area is 99.9 Å². The molecule has 1 N–H and O–H groups in total. The smallest absolute Gasteiger partial charge is 0.0811 e. The first-order chi connectivity index (χ1) is 7.72. The van der Waals surface area contributed by atoms with Crippen LogP contribution >= 0.6 is 0 Å². The number of hydrogen-bond donors (Lipinski definition) is 1. The molecular weight excluding hydrogens is 202 g/mol. The lowest BCUT2D eigenvalue weighted by Gasteiger charge is -2.33. The molecule has 0 heterocycles. The second-order valence-corrected chi connectivity index (χ2v) is 4.95. The minimum atomic E-state index is 0.0765. The summed E-state index contributed by atoms with van der Waals surface area (Å²) in [6.45, 7) is 7.07. The van der Waals surface area contributed by atoms with Crippen molar-refractivity contribution in [1.29, 1.82) is 0 Å². The van der Waals surface area contributed by atoms with Crippen molar-refractivity contribution in [3.05, 3.63) is 0 Å². The maximum Gasteiger partial charge on any atom is 0.0811 e. The molecule has 0 radical (unpaired) electrons. The first kappa shape index (κ1) is 13.9. The molecule has 1 atom stereocenters. The summed E-state index contributed by atoms with van der Waals surface area (Å²) in [6, 6.07) is 0. The highest BCUT2D eigenvalue weighted by Gasteiger charge is 2.35. The highest BCUT2D eigenvalue weighted by Crippen LogP contribution is 2.33. The maximum atomic E-state index is 6.20. The van der Waals surface area contributed by atoms with Crippen LogP contribution in [0.4, 0.5) is 0 Å². The van der Waals surface area contributed by atoms with E-state index >= 15 is 0 Å². The predicted octanol–water partition coefficient (Wildman–Crippen LogP) is 2.35. The second-order valence-electron chi connectivity index (χ2n) is 4.95. The van der Waals surface area contributed by atoms with Gasteiger partial charge in [0.25, 0.3) is 0 Å². The predicted molar refractivity (Wildman–Crippen MR) is 66.8 cm³/mol. The standard InChI is InChI=1S/C13H27NO2/c1-4-9-14-11-13(7-5-6-8-13)16-12(2)10-15-3/h12,14H,4-11H2,1-3H3. The molecule has 0 aromatic heterocycles. The van der Waals surface area contributed by atoms with E-state index in [1.807, 2.05) is 0 Å². The summed E-state index contributed by atoms with van der Waals surface area (Å²) in [7, 11) is 1.73. The van der Waals surface area contributed by atoms with Gasteiger partial charge in [-0.2, -0.15) is 0 Å². The first-order valence-electron chi connectivity index (χ1n) is 6.60. The van der Waals surface area contributed by atoms with Crippen molar-refractivity contribution >= 4 is 0 Å². The Hall–Kier alpha value is -0.120. The van der Waals surface area contributed by atoms with Crippen LogP contribution in [0.25, 0.3) is 0 Å². The summed E-state index contributed by atoms with van der Waals surface area (Å²) < 4.78 is 11.3. The van der Waals surface area contributed by atoms with Gasteiger partial charge in [-0.15, -0.1) is 0 Å². The molecule has 0 aromatic rings. The molecule has 0 bridgehead atoms. The third-order valence-electron chi connectivity index (χ3n) is 3.24. The molecule has 0 amide bonds. The summed E-state index contributed by atoms with van der Waals surface area (Å²) >= 11 is 0. The van der Waals surface area contributed by atoms with Gasteiger partial charge >= 0.3 is 0 Å². The highest BCUT2D eigenvalue weighted by molar-refractivity contribution is 4.89. The molecule has 0 saturated heterocycles. The average Bonchev–Trinajstić information content (AvgIpc) is 2.67. The van der Waals surface area contributed by atoms with E-state index in [9.17, 15) is 0 Å². The molecule has 96 valence electrons. The monoisotopic (exact) mass is 229 g/mol. The molecule has 1 aliphatic rings. The van der Waals surface area contributed by atoms with Gasteiger partial charge in [0, 0.05) is 13.7 Å². The summed E-state index contributed by atoms with van der Waals surface area (Å²) in [5.74, 6) is 0. The van der Waals surface area contributed by atoms with Gasteiger partial charge in [0.05, 0.1) is 18.3 Å². The molecule has 0 aromatic carbocycles. The van der Waals surface area contributed by atoms with Gasteiger partial charge < -0.3 is 14.8 Å². The molecule has 0 aliphatic heterocycles. The Bertz CT molecular complexity index is 179. The first-order valence-corrected chi connectivity index (χ1v) is 6.60. The highest BCUT2D eigenvalue weighted by atomic mass is 16.5. The van der Waals surface area contributed by atoms with Gasteiger partial charge in [-0.1, -0.05) is 19.8 Å². The molecule has 1 aliphatic carbocycles. The third-order valence-corrected chi connectivity index (χ3v) is 3.24. The van der Waals surface area contributed by atoms with Crippen molar-refractivity contribution in [3.8, 4) is 0 Å². The maximum absolute atomic E-state index is 6.20. The van der Waals surface area contributed by atoms with Crippen molar-refractivity contribution in [2.24, 2.45) is 0 Å². The van der Waals surface area contributed by atoms with Crippen LogP contribution in [0.2, 0.25) is 0 Å². The fourth-order valence-electron chi connectivity index (χ4n) is 2.54. The summed E-state index contributed by atoms with van der Waals surface area (Å²) in [5, 5.41) is 3.50. The van der Waals surface area contributed by atoms with Gasteiger partial charge in [-0.05, 0) is 32.7 Å². The zero-order valence-corrected chi connectivity index (χ0v) is 11.1. The van der Waals surface area contributed by atoms with E-state index in [1.165, 1.54) is 32.1 Å². The lowest BCUT2D eigenvalue weighted by Crippen LogP contribution is -2.44. The molecule has 3 nitrogen and oxygen atoms in total. The average molecular weight is 229 g/mol. The summed E-state index contributed by atoms with van der Waals surface area (Å²) in [4.78, 5) is 0. The van der Waals surface area contributed by atoms with Crippen LogP contribution in [0, 0.1) is 0 Å². The number of hydrogen-bond acceptors (Lipinski definition) is 3. The summed E-state index contributed by atoms with van der Waals surface area (Å²) in [5.41, 5.74) is 0.0765. The molecular formula is C13H27NO2. The van der Waals surface area contributed by atoms with E-state index < -0.39 is 0 Å². The quantitative estimate of drug-likeness (QED) is 0.648. The minimum absolute atomic E-state index is 0.0765. The van der Waals surface area contributed by atoms with Gasteiger partial charge in [0.15, 0.2) is 0 Å². The largest absolute Gasteiger partial charge is 0.382 e. The van der Waals surface area contributed by atoms with Crippen LogP contribution in [0.15, 0.2) is 0 Å². The van der Waals surface area contributed by atoms with Crippen molar-refractivity contribution in [2.45, 2.75) is 57.7 Å². The van der Waals surface area contributed by atoms with Crippen molar-refractivity contribution in [3.63, 3.8) is 0 Å². The fourth-order valence-corrected chi connectivity index (χ4v) is 2.54. The van der Waals surface area contributed by atoms with Crippen molar-refractivity contribution < 1.29 is 9.47 Å². The molecule has 3 heteroatoms. The topological polar surface area (TPSA) is 30.5 Å². The van der Waals surface area contributed by atoms with Crippen molar-refractivity contribution in [2.75, 3.05) is 26.8 Å². The lowest BCUT2D eigenvalue weighted by atomic mass is 10.0. The SMILES string of the molecule is CCCNCC1(OC(C)COC)CCCC1. The van der Waals surface area contributed by atoms with E-state index in [0.29, 0.717) is 6.61 Å². The van der Waals surface area contributed by atoms with E-state index in [4.69, 9.17) is 9.47 Å². The zero-order chi connectivity index (χ0) is 11.9. The van der Waals surface area contributed by atoms with E-state index in [-0.39, 0.29) is 11.7 Å². The Morgan fingerprint density at radius 3 is 2.56 bits per heavy atom. The van der Waals surface area contributed by atoms with Crippen LogP contribution in [0.1, 0.15) is 46.0 Å². The Balaban J connectivity index is 2.38. The van der Waals surface area contributed by atoms with Gasteiger partial charge in [0.1, 0.15) is 0 Å². The van der Waals surface area contributed by atoms with Crippen LogP contribution in [0.3, 0.4) is 0 Å². The van der Waals surface area contributed by atoms with E-state index in [1.54, 1.807) is 7.11 Å². The van der Waals surface area contributed by atoms with Crippen LogP contribution in [-0.4, -0.2) is 38.5 Å². The van der Waals surface area contributed by atoms with Crippen LogP contribution in [-0.2, 0) is 9.47 Å². The number of methoxy groups -OCH3 is 1. The molecule has 1 fully saturated rings. The van der Waals surface area contributed by atoms with Crippen molar-refractivity contribution in [1.82, 2.24) is 5.32 Å². The van der Waals surface area contributed by atoms with Gasteiger partial charge in [-0.25, -0.2) is 0 Å². The van der Waals surface area contributed by atoms with Crippen LogP contribution < -0.4 is 5.32 Å².